The van der Waals surface area contributed by atoms with Gasteiger partial charge in [0, 0.05) is 52.3 Å². The lowest BCUT2D eigenvalue weighted by Gasteiger charge is -2.02. The Bertz CT molecular complexity index is 1860. The van der Waals surface area contributed by atoms with E-state index < -0.39 is 0 Å². The Labute approximate surface area is 260 Å². The molecular weight excluding hydrogens is 874 g/mol. The Morgan fingerprint density at radius 1 is 0.676 bits per heavy atom. The first-order valence-corrected chi connectivity index (χ1v) is 18.1. The predicted molar refractivity (Wildman–Crippen MR) is 182 cm³/mol. The van der Waals surface area contributed by atoms with Gasteiger partial charge in [-0.3, -0.25) is 0 Å². The number of hydrogen-bond acceptors (Lipinski definition) is 5. The quantitative estimate of drug-likeness (QED) is 0.152. The minimum absolute atomic E-state index is 1.02. The summed E-state index contributed by atoms with van der Waals surface area (Å²) in [6, 6.07) is 9.48. The lowest BCUT2D eigenvalue weighted by Crippen LogP contribution is -1.84. The summed E-state index contributed by atoms with van der Waals surface area (Å²) in [5.41, 5.74) is 2.94. The highest BCUT2D eigenvalue weighted by Crippen LogP contribution is 2.55. The Balaban J connectivity index is 1.40. The van der Waals surface area contributed by atoms with Crippen LogP contribution in [0.15, 0.2) is 28.7 Å². The monoisotopic (exact) mass is 884 g/mol. The van der Waals surface area contributed by atoms with E-state index in [0.29, 0.717) is 0 Å². The van der Waals surface area contributed by atoms with Crippen molar-refractivity contribution in [3.63, 3.8) is 0 Å². The number of allylic oxidation sites excluding steroid dienone is 1. The van der Waals surface area contributed by atoms with Crippen LogP contribution in [0.4, 0.5) is 0 Å². The molecular formula is C25H12Br2I2S5. The average Bonchev–Trinajstić information content (AvgIpc) is 3.59. The van der Waals surface area contributed by atoms with Gasteiger partial charge in [-0.2, -0.15) is 0 Å². The molecule has 0 bridgehead atoms. The van der Waals surface area contributed by atoms with Crippen molar-refractivity contribution in [1.29, 1.82) is 0 Å². The molecule has 0 nitrogen and oxygen atoms in total. The van der Waals surface area contributed by atoms with Crippen molar-refractivity contribution in [2.24, 2.45) is 0 Å². The highest BCUT2D eigenvalue weighted by Gasteiger charge is 2.28. The molecule has 0 atom stereocenters. The number of rotatable bonds is 2. The minimum atomic E-state index is 1.02. The van der Waals surface area contributed by atoms with Crippen molar-refractivity contribution in [2.45, 2.75) is 20.3 Å². The summed E-state index contributed by atoms with van der Waals surface area (Å²) in [5.74, 6) is 0. The van der Waals surface area contributed by atoms with Crippen LogP contribution in [-0.4, -0.2) is 0 Å². The number of aryl methyl sites for hydroxylation is 2. The van der Waals surface area contributed by atoms with Gasteiger partial charge in [0.1, 0.15) is 0 Å². The van der Waals surface area contributed by atoms with E-state index in [1.807, 2.05) is 56.7 Å². The van der Waals surface area contributed by atoms with E-state index in [4.69, 9.17) is 0 Å². The normalized spacial score (nSPS) is 13.9. The van der Waals surface area contributed by atoms with E-state index >= 15 is 0 Å². The summed E-state index contributed by atoms with van der Waals surface area (Å²) in [6.07, 6.45) is 1.02. The molecule has 0 spiro atoms. The van der Waals surface area contributed by atoms with Gasteiger partial charge in [0.25, 0.3) is 0 Å². The number of hydrogen-bond donors (Lipinski definition) is 0. The van der Waals surface area contributed by atoms with Crippen LogP contribution in [-0.2, 0) is 6.42 Å². The molecule has 1 aliphatic rings. The standard InChI is InChI=1S/C25H12Br2I2S5/c1-8-3-14(28)20(30-8)13-5-11-10-6-17-12(7-16(10)32-21(11)18(13)26)22-24(33-17)19(27)25(34-22)23-15(29)4-9(2)31-23/h3-4,6-7H,5H2,1-2H3. The summed E-state index contributed by atoms with van der Waals surface area (Å²) in [7, 11) is 0. The molecule has 0 N–H and O–H groups in total. The molecule has 5 aromatic heterocycles. The van der Waals surface area contributed by atoms with E-state index in [9.17, 15) is 0 Å². The summed E-state index contributed by atoms with van der Waals surface area (Å²) in [5, 5.41) is 2.83. The molecule has 1 aliphatic carbocycles. The Hall–Kier alpha value is 0.660. The van der Waals surface area contributed by atoms with Crippen LogP contribution < -0.4 is 0 Å². The number of thiophene rings is 5. The number of halogens is 4. The van der Waals surface area contributed by atoms with E-state index in [1.165, 1.54) is 86.1 Å². The highest BCUT2D eigenvalue weighted by atomic mass is 127. The lowest BCUT2D eigenvalue weighted by molar-refractivity contribution is 1.38. The van der Waals surface area contributed by atoms with Crippen LogP contribution in [0.25, 0.3) is 49.4 Å². The van der Waals surface area contributed by atoms with Gasteiger partial charge in [-0.05, 0) is 132 Å². The maximum Gasteiger partial charge on any atom is 0.0617 e. The van der Waals surface area contributed by atoms with Crippen molar-refractivity contribution >= 4 is 173 Å². The fourth-order valence-corrected chi connectivity index (χ4v) is 15.3. The molecule has 170 valence electrons. The van der Waals surface area contributed by atoms with E-state index in [0.717, 1.165) is 6.42 Å². The Morgan fingerprint density at radius 3 is 2.00 bits per heavy atom. The summed E-state index contributed by atoms with van der Waals surface area (Å²) in [4.78, 5) is 8.35. The number of fused-ring (bicyclic) bond motifs is 6. The second kappa shape index (κ2) is 8.59. The first-order valence-electron chi connectivity index (χ1n) is 10.3. The Kier molecular flexibility index (Phi) is 6.00. The smallest absolute Gasteiger partial charge is 0.0617 e. The van der Waals surface area contributed by atoms with Crippen LogP contribution >= 0.6 is 134 Å². The van der Waals surface area contributed by atoms with E-state index in [-0.39, 0.29) is 0 Å². The van der Waals surface area contributed by atoms with Crippen molar-refractivity contribution in [1.82, 2.24) is 0 Å². The van der Waals surface area contributed by atoms with Crippen LogP contribution in [0.5, 0.6) is 0 Å². The van der Waals surface area contributed by atoms with Crippen molar-refractivity contribution in [3.05, 3.63) is 61.0 Å². The zero-order valence-electron chi connectivity index (χ0n) is 17.6. The third-order valence-corrected chi connectivity index (χ3v) is 17.0. The molecule has 5 heterocycles. The highest BCUT2D eigenvalue weighted by molar-refractivity contribution is 14.1. The minimum Gasteiger partial charge on any atom is -0.140 e. The van der Waals surface area contributed by atoms with Crippen molar-refractivity contribution < 1.29 is 0 Å². The predicted octanol–water partition coefficient (Wildman–Crippen LogP) is 12.5. The molecule has 0 unspecified atom stereocenters. The number of benzene rings is 1. The van der Waals surface area contributed by atoms with Gasteiger partial charge in [-0.15, -0.1) is 56.7 Å². The summed E-state index contributed by atoms with van der Waals surface area (Å²) in [6.45, 7) is 4.40. The molecule has 0 radical (unpaired) electrons. The topological polar surface area (TPSA) is 0 Å². The fraction of sp³-hybridized carbons (Fsp3) is 0.120. The zero-order chi connectivity index (χ0) is 23.5. The van der Waals surface area contributed by atoms with Crippen LogP contribution in [0.1, 0.15) is 25.1 Å². The van der Waals surface area contributed by atoms with Gasteiger partial charge in [-0.1, -0.05) is 0 Å². The molecule has 34 heavy (non-hydrogen) atoms. The van der Waals surface area contributed by atoms with Gasteiger partial charge in [0.05, 0.1) is 23.6 Å². The third-order valence-electron chi connectivity index (χ3n) is 6.08. The van der Waals surface area contributed by atoms with Crippen molar-refractivity contribution in [3.8, 4) is 9.75 Å². The van der Waals surface area contributed by atoms with Crippen LogP contribution in [0.3, 0.4) is 0 Å². The second-order valence-corrected chi connectivity index (χ2v) is 17.8. The first-order chi connectivity index (χ1) is 16.3. The van der Waals surface area contributed by atoms with Crippen LogP contribution in [0.2, 0.25) is 0 Å². The van der Waals surface area contributed by atoms with Crippen molar-refractivity contribution in [2.75, 3.05) is 0 Å². The average molecular weight is 886 g/mol. The SMILES string of the molecule is Cc1cc(I)c(C2=C(Br)c3sc4cc5c(cc4c3C2)sc2c(Br)c(-c3sc(C)cc3I)sc25)s1. The maximum atomic E-state index is 3.99. The molecule has 0 saturated heterocycles. The molecule has 7 rings (SSSR count). The summed E-state index contributed by atoms with van der Waals surface area (Å²) >= 11 is 22.5. The largest absolute Gasteiger partial charge is 0.140 e. The molecule has 6 aromatic rings. The molecule has 0 amide bonds. The third kappa shape index (κ3) is 3.50. The lowest BCUT2D eigenvalue weighted by atomic mass is 10.1. The van der Waals surface area contributed by atoms with Gasteiger partial charge in [0.15, 0.2) is 0 Å². The van der Waals surface area contributed by atoms with Gasteiger partial charge < -0.3 is 0 Å². The van der Waals surface area contributed by atoms with Crippen LogP contribution in [0, 0.1) is 21.0 Å². The molecule has 0 aliphatic heterocycles. The molecule has 1 aromatic carbocycles. The van der Waals surface area contributed by atoms with Gasteiger partial charge in [0.2, 0.25) is 0 Å². The maximum absolute atomic E-state index is 3.99. The van der Waals surface area contributed by atoms with E-state index in [2.05, 4.69) is 115 Å². The molecule has 9 heteroatoms. The van der Waals surface area contributed by atoms with E-state index in [1.54, 1.807) is 0 Å². The van der Waals surface area contributed by atoms with Gasteiger partial charge >= 0.3 is 0 Å². The molecule has 0 saturated carbocycles. The first kappa shape index (κ1) is 23.8. The second-order valence-electron chi connectivity index (χ2n) is 8.30. The summed E-state index contributed by atoms with van der Waals surface area (Å²) < 4.78 is 10.9. The Morgan fingerprint density at radius 2 is 1.32 bits per heavy atom. The molecule has 0 fully saturated rings. The van der Waals surface area contributed by atoms with Gasteiger partial charge in [-0.25, -0.2) is 0 Å². The fourth-order valence-electron chi connectivity index (χ4n) is 4.61. The zero-order valence-corrected chi connectivity index (χ0v) is 29.1.